The molecular formula is C23H26N2OS2. The number of hydrogen-bond donors (Lipinski definition) is 0. The van der Waals surface area contributed by atoms with E-state index in [0.29, 0.717) is 5.75 Å². The predicted molar refractivity (Wildman–Crippen MR) is 119 cm³/mol. The molecule has 1 aliphatic rings. The summed E-state index contributed by atoms with van der Waals surface area (Å²) in [5, 5.41) is 2.17. The summed E-state index contributed by atoms with van der Waals surface area (Å²) in [6.07, 6.45) is 4.75. The lowest BCUT2D eigenvalue weighted by Gasteiger charge is -2.19. The number of fused-ring (bicyclic) bond motifs is 3. The molecule has 0 N–H and O–H groups in total. The molecule has 0 fully saturated rings. The number of aromatic nitrogens is 2. The summed E-state index contributed by atoms with van der Waals surface area (Å²) in [6.45, 7) is 8.49. The van der Waals surface area contributed by atoms with Crippen LogP contribution in [0.25, 0.3) is 10.2 Å². The van der Waals surface area contributed by atoms with E-state index in [1.807, 2.05) is 30.4 Å². The smallest absolute Gasteiger partial charge is 0.173 e. The normalized spacial score (nSPS) is 14.3. The van der Waals surface area contributed by atoms with Gasteiger partial charge < -0.3 is 0 Å². The minimum atomic E-state index is 0.0957. The van der Waals surface area contributed by atoms with Crippen LogP contribution in [0.4, 0.5) is 0 Å². The Balaban J connectivity index is 1.57. The first kappa shape index (κ1) is 19.6. The molecule has 146 valence electrons. The fourth-order valence-electron chi connectivity index (χ4n) is 3.70. The fraction of sp³-hybridized carbons (Fsp3) is 0.435. The van der Waals surface area contributed by atoms with Crippen LogP contribution in [-0.4, -0.2) is 21.5 Å². The van der Waals surface area contributed by atoms with Crippen molar-refractivity contribution in [3.63, 3.8) is 0 Å². The van der Waals surface area contributed by atoms with Gasteiger partial charge in [0.2, 0.25) is 0 Å². The molecule has 0 bridgehead atoms. The monoisotopic (exact) mass is 410 g/mol. The maximum absolute atomic E-state index is 12.8. The molecule has 28 heavy (non-hydrogen) atoms. The van der Waals surface area contributed by atoms with Crippen molar-refractivity contribution in [1.29, 1.82) is 0 Å². The second kappa shape index (κ2) is 7.60. The molecule has 1 aliphatic carbocycles. The average Bonchev–Trinajstić information content (AvgIpc) is 3.03. The Morgan fingerprint density at radius 2 is 1.82 bits per heavy atom. The van der Waals surface area contributed by atoms with Gasteiger partial charge in [-0.15, -0.1) is 11.3 Å². The van der Waals surface area contributed by atoms with Gasteiger partial charge in [-0.1, -0.05) is 56.8 Å². The minimum Gasteiger partial charge on any atom is -0.293 e. The largest absolute Gasteiger partial charge is 0.293 e. The highest BCUT2D eigenvalue weighted by Gasteiger charge is 2.21. The molecule has 0 aliphatic heterocycles. The van der Waals surface area contributed by atoms with E-state index in [4.69, 9.17) is 4.98 Å². The van der Waals surface area contributed by atoms with Crippen LogP contribution in [0.3, 0.4) is 0 Å². The summed E-state index contributed by atoms with van der Waals surface area (Å²) in [6, 6.07) is 8.05. The number of Topliss-reactive ketones (excluding diaryl/α,β-unsaturated/α-hetero) is 1. The van der Waals surface area contributed by atoms with E-state index >= 15 is 0 Å². The summed E-state index contributed by atoms with van der Waals surface area (Å²) in [7, 11) is 0. The van der Waals surface area contributed by atoms with E-state index in [1.54, 1.807) is 11.8 Å². The molecule has 5 heteroatoms. The van der Waals surface area contributed by atoms with Crippen LogP contribution < -0.4 is 0 Å². The van der Waals surface area contributed by atoms with Gasteiger partial charge in [0.1, 0.15) is 15.7 Å². The van der Waals surface area contributed by atoms with E-state index in [-0.39, 0.29) is 11.2 Å². The lowest BCUT2D eigenvalue weighted by molar-refractivity contribution is 0.102. The maximum atomic E-state index is 12.8. The molecule has 0 atom stereocenters. The van der Waals surface area contributed by atoms with Gasteiger partial charge in [-0.25, -0.2) is 9.97 Å². The highest BCUT2D eigenvalue weighted by atomic mass is 32.2. The van der Waals surface area contributed by atoms with Gasteiger partial charge in [0, 0.05) is 15.8 Å². The second-order valence-electron chi connectivity index (χ2n) is 8.51. The lowest BCUT2D eigenvalue weighted by Crippen LogP contribution is -2.11. The molecule has 2 heterocycles. The highest BCUT2D eigenvalue weighted by molar-refractivity contribution is 8.00. The molecule has 0 saturated heterocycles. The molecule has 0 radical (unpaired) electrons. The van der Waals surface area contributed by atoms with Crippen LogP contribution in [-0.2, 0) is 18.3 Å². The molecule has 0 saturated carbocycles. The van der Waals surface area contributed by atoms with E-state index in [1.165, 1.54) is 34.2 Å². The van der Waals surface area contributed by atoms with Gasteiger partial charge in [-0.2, -0.15) is 0 Å². The number of aryl methyl sites for hydroxylation is 3. The summed E-state index contributed by atoms with van der Waals surface area (Å²) < 4.78 is 0. The zero-order valence-corrected chi connectivity index (χ0v) is 18.6. The number of ketones is 1. The van der Waals surface area contributed by atoms with E-state index < -0.39 is 0 Å². The first-order chi connectivity index (χ1) is 13.3. The van der Waals surface area contributed by atoms with Crippen LogP contribution >= 0.6 is 23.1 Å². The first-order valence-corrected chi connectivity index (χ1v) is 11.7. The molecular weight excluding hydrogens is 384 g/mol. The number of rotatable bonds is 4. The van der Waals surface area contributed by atoms with E-state index in [9.17, 15) is 4.79 Å². The standard InChI is InChI=1S/C23H26N2OS2/c1-14-24-21(20-17-7-5-6-8-19(17)28-22(20)25-14)27-13-18(26)15-9-11-16(12-10-15)23(2,3)4/h9-12H,5-8,13H2,1-4H3. The van der Waals surface area contributed by atoms with Gasteiger partial charge in [-0.3, -0.25) is 4.79 Å². The van der Waals surface area contributed by atoms with Crippen molar-refractivity contribution < 1.29 is 4.79 Å². The summed E-state index contributed by atoms with van der Waals surface area (Å²) in [4.78, 5) is 24.7. The van der Waals surface area contributed by atoms with Gasteiger partial charge in [-0.05, 0) is 49.1 Å². The number of carbonyl (C=O) groups is 1. The Morgan fingerprint density at radius 1 is 1.11 bits per heavy atom. The second-order valence-corrected chi connectivity index (χ2v) is 10.6. The zero-order valence-electron chi connectivity index (χ0n) is 17.0. The van der Waals surface area contributed by atoms with Crippen LogP contribution in [0.1, 0.15) is 65.8 Å². The molecule has 0 amide bonds. The predicted octanol–water partition coefficient (Wildman–Crippen LogP) is 6.15. The molecule has 3 nitrogen and oxygen atoms in total. The minimum absolute atomic E-state index is 0.0957. The topological polar surface area (TPSA) is 42.9 Å². The molecule has 4 rings (SSSR count). The summed E-state index contributed by atoms with van der Waals surface area (Å²) >= 11 is 3.37. The van der Waals surface area contributed by atoms with Crippen molar-refractivity contribution in [3.05, 3.63) is 51.7 Å². The third kappa shape index (κ3) is 3.87. The zero-order chi connectivity index (χ0) is 19.9. The number of thiophene rings is 1. The Labute approximate surface area is 175 Å². The van der Waals surface area contributed by atoms with Crippen molar-refractivity contribution in [3.8, 4) is 0 Å². The van der Waals surface area contributed by atoms with Gasteiger partial charge in [0.15, 0.2) is 5.78 Å². The van der Waals surface area contributed by atoms with Crippen LogP contribution in [0.15, 0.2) is 29.3 Å². The van der Waals surface area contributed by atoms with E-state index in [2.05, 4.69) is 37.9 Å². The third-order valence-electron chi connectivity index (χ3n) is 5.31. The first-order valence-electron chi connectivity index (χ1n) is 9.88. The van der Waals surface area contributed by atoms with Crippen molar-refractivity contribution in [1.82, 2.24) is 9.97 Å². The summed E-state index contributed by atoms with van der Waals surface area (Å²) in [5.41, 5.74) is 3.54. The Morgan fingerprint density at radius 3 is 2.54 bits per heavy atom. The fourth-order valence-corrected chi connectivity index (χ4v) is 6.07. The quantitative estimate of drug-likeness (QED) is 0.294. The number of thioether (sulfide) groups is 1. The Kier molecular flexibility index (Phi) is 5.32. The molecule has 1 aromatic carbocycles. The van der Waals surface area contributed by atoms with Crippen LogP contribution in [0.2, 0.25) is 0 Å². The van der Waals surface area contributed by atoms with Crippen molar-refractivity contribution in [2.45, 2.75) is 63.8 Å². The van der Waals surface area contributed by atoms with Crippen molar-refractivity contribution in [2.75, 3.05) is 5.75 Å². The molecule has 2 aromatic heterocycles. The molecule has 0 spiro atoms. The lowest BCUT2D eigenvalue weighted by atomic mass is 9.86. The average molecular weight is 411 g/mol. The van der Waals surface area contributed by atoms with Gasteiger partial charge in [0.05, 0.1) is 5.75 Å². The van der Waals surface area contributed by atoms with Crippen LogP contribution in [0.5, 0.6) is 0 Å². The third-order valence-corrected chi connectivity index (χ3v) is 7.47. The Hall–Kier alpha value is -1.72. The van der Waals surface area contributed by atoms with Crippen LogP contribution in [0, 0.1) is 6.92 Å². The number of hydrogen-bond acceptors (Lipinski definition) is 5. The van der Waals surface area contributed by atoms with Gasteiger partial charge >= 0.3 is 0 Å². The molecule has 0 unspecified atom stereocenters. The Bertz CT molecular complexity index is 1030. The number of carbonyl (C=O) groups excluding carboxylic acids is 1. The van der Waals surface area contributed by atoms with Gasteiger partial charge in [0.25, 0.3) is 0 Å². The van der Waals surface area contributed by atoms with Crippen molar-refractivity contribution in [2.24, 2.45) is 0 Å². The maximum Gasteiger partial charge on any atom is 0.173 e. The van der Waals surface area contributed by atoms with E-state index in [0.717, 1.165) is 34.1 Å². The SMILES string of the molecule is Cc1nc(SCC(=O)c2ccc(C(C)(C)C)cc2)c2c3c(sc2n1)CCCC3. The highest BCUT2D eigenvalue weighted by Crippen LogP contribution is 2.39. The summed E-state index contributed by atoms with van der Waals surface area (Å²) in [5.74, 6) is 1.35. The van der Waals surface area contributed by atoms with Crippen molar-refractivity contribution >= 4 is 39.1 Å². The number of nitrogens with zero attached hydrogens (tertiary/aromatic N) is 2. The number of benzene rings is 1. The molecule has 3 aromatic rings.